The minimum absolute atomic E-state index is 0.0602. The third kappa shape index (κ3) is 3.94. The maximum atomic E-state index is 12.9. The lowest BCUT2D eigenvalue weighted by Gasteiger charge is -2.07. The molecule has 0 atom stereocenters. The molecule has 0 aliphatic carbocycles. The van der Waals surface area contributed by atoms with Crippen molar-refractivity contribution in [1.29, 1.82) is 0 Å². The summed E-state index contributed by atoms with van der Waals surface area (Å²) in [5.41, 5.74) is -0.0602. The summed E-state index contributed by atoms with van der Waals surface area (Å²) in [6, 6.07) is 1.59. The molecule has 94 valence electrons. The highest BCUT2D eigenvalue weighted by Gasteiger charge is 2.14. The molecule has 0 heterocycles. The highest BCUT2D eigenvalue weighted by atomic mass is 35.5. The molecule has 0 saturated carbocycles. The molecule has 0 aliphatic rings. The number of carbonyl (C=O) groups is 1. The summed E-state index contributed by atoms with van der Waals surface area (Å²) in [5.74, 6) is -2.67. The van der Waals surface area contributed by atoms with E-state index in [-0.39, 0.29) is 10.6 Å². The number of hydrogen-bond donors (Lipinski definition) is 2. The van der Waals surface area contributed by atoms with Crippen LogP contribution in [0.4, 0.5) is 8.78 Å². The Bertz CT molecular complexity index is 413. The van der Waals surface area contributed by atoms with E-state index >= 15 is 0 Å². The minimum Gasteiger partial charge on any atom is -0.352 e. The van der Waals surface area contributed by atoms with Gasteiger partial charge in [0.05, 0.1) is 10.6 Å². The van der Waals surface area contributed by atoms with Crippen LogP contribution in [-0.2, 0) is 0 Å². The van der Waals surface area contributed by atoms with Crippen molar-refractivity contribution in [2.75, 3.05) is 20.1 Å². The Balaban J connectivity index is 2.66. The summed E-state index contributed by atoms with van der Waals surface area (Å²) in [4.78, 5) is 11.6. The molecule has 6 heteroatoms. The van der Waals surface area contributed by atoms with E-state index in [1.54, 1.807) is 7.05 Å². The maximum absolute atomic E-state index is 12.9. The number of rotatable bonds is 5. The van der Waals surface area contributed by atoms with Crippen LogP contribution in [-0.4, -0.2) is 26.0 Å². The van der Waals surface area contributed by atoms with Gasteiger partial charge in [0.25, 0.3) is 5.91 Å². The molecule has 17 heavy (non-hydrogen) atoms. The number of amides is 1. The average molecular weight is 263 g/mol. The highest BCUT2D eigenvalue weighted by Crippen LogP contribution is 2.19. The molecule has 0 aromatic heterocycles. The van der Waals surface area contributed by atoms with E-state index in [4.69, 9.17) is 11.6 Å². The van der Waals surface area contributed by atoms with Crippen LogP contribution < -0.4 is 10.6 Å². The van der Waals surface area contributed by atoms with Gasteiger partial charge in [0.2, 0.25) is 0 Å². The van der Waals surface area contributed by atoms with E-state index in [9.17, 15) is 13.6 Å². The maximum Gasteiger partial charge on any atom is 0.252 e. The molecule has 0 saturated heterocycles. The average Bonchev–Trinajstić information content (AvgIpc) is 2.29. The van der Waals surface area contributed by atoms with E-state index in [0.717, 1.165) is 25.1 Å². The van der Waals surface area contributed by atoms with Gasteiger partial charge < -0.3 is 10.6 Å². The molecule has 0 spiro atoms. The number of hydrogen-bond acceptors (Lipinski definition) is 2. The first-order valence-electron chi connectivity index (χ1n) is 5.13. The Kier molecular flexibility index (Phi) is 5.31. The monoisotopic (exact) mass is 262 g/mol. The first kappa shape index (κ1) is 13.9. The van der Waals surface area contributed by atoms with Gasteiger partial charge in [-0.3, -0.25) is 4.79 Å². The van der Waals surface area contributed by atoms with Crippen LogP contribution in [0.15, 0.2) is 12.1 Å². The van der Waals surface area contributed by atoms with Crippen LogP contribution in [0.25, 0.3) is 0 Å². The SMILES string of the molecule is CNCCCNC(=O)c1cc(F)c(F)cc1Cl. The van der Waals surface area contributed by atoms with Gasteiger partial charge in [0.15, 0.2) is 11.6 Å². The number of halogens is 3. The lowest BCUT2D eigenvalue weighted by Crippen LogP contribution is -2.27. The zero-order valence-electron chi connectivity index (χ0n) is 9.32. The predicted octanol–water partition coefficient (Wildman–Crippen LogP) is 1.96. The summed E-state index contributed by atoms with van der Waals surface area (Å²) >= 11 is 5.66. The van der Waals surface area contributed by atoms with Gasteiger partial charge in [-0.05, 0) is 32.1 Å². The van der Waals surface area contributed by atoms with Crippen molar-refractivity contribution < 1.29 is 13.6 Å². The lowest BCUT2D eigenvalue weighted by atomic mass is 10.2. The molecule has 1 aromatic carbocycles. The van der Waals surface area contributed by atoms with Crippen LogP contribution in [0.2, 0.25) is 5.02 Å². The summed E-state index contributed by atoms with van der Waals surface area (Å²) < 4.78 is 25.7. The van der Waals surface area contributed by atoms with Crippen molar-refractivity contribution in [2.24, 2.45) is 0 Å². The molecule has 1 aromatic rings. The van der Waals surface area contributed by atoms with Crippen molar-refractivity contribution >= 4 is 17.5 Å². The molecule has 0 aliphatic heterocycles. The molecule has 2 N–H and O–H groups in total. The molecule has 0 unspecified atom stereocenters. The smallest absolute Gasteiger partial charge is 0.252 e. The number of benzene rings is 1. The highest BCUT2D eigenvalue weighted by molar-refractivity contribution is 6.33. The summed E-state index contributed by atoms with van der Waals surface area (Å²) in [6.45, 7) is 1.20. The molecule has 0 fully saturated rings. The summed E-state index contributed by atoms with van der Waals surface area (Å²) in [5, 5.41) is 5.39. The first-order chi connectivity index (χ1) is 8.06. The predicted molar refractivity (Wildman–Crippen MR) is 62.2 cm³/mol. The third-order valence-corrected chi connectivity index (χ3v) is 2.46. The van der Waals surface area contributed by atoms with Crippen LogP contribution in [0, 0.1) is 11.6 Å². The fraction of sp³-hybridized carbons (Fsp3) is 0.364. The fourth-order valence-corrected chi connectivity index (χ4v) is 1.50. The second-order valence-corrected chi connectivity index (χ2v) is 3.87. The van der Waals surface area contributed by atoms with Crippen LogP contribution in [0.3, 0.4) is 0 Å². The normalized spacial score (nSPS) is 10.4. The van der Waals surface area contributed by atoms with Gasteiger partial charge in [-0.1, -0.05) is 11.6 Å². The topological polar surface area (TPSA) is 41.1 Å². The Morgan fingerprint density at radius 1 is 1.29 bits per heavy atom. The van der Waals surface area contributed by atoms with Gasteiger partial charge >= 0.3 is 0 Å². The van der Waals surface area contributed by atoms with Gasteiger partial charge in [-0.25, -0.2) is 8.78 Å². The number of nitrogens with one attached hydrogen (secondary N) is 2. The first-order valence-corrected chi connectivity index (χ1v) is 5.51. The quantitative estimate of drug-likeness (QED) is 0.629. The third-order valence-electron chi connectivity index (χ3n) is 2.14. The van der Waals surface area contributed by atoms with Crippen LogP contribution >= 0.6 is 11.6 Å². The van der Waals surface area contributed by atoms with Gasteiger partial charge in [-0.2, -0.15) is 0 Å². The number of carbonyl (C=O) groups excluding carboxylic acids is 1. The van der Waals surface area contributed by atoms with Crippen molar-refractivity contribution in [3.63, 3.8) is 0 Å². The van der Waals surface area contributed by atoms with Crippen LogP contribution in [0.5, 0.6) is 0 Å². The van der Waals surface area contributed by atoms with E-state index in [1.165, 1.54) is 0 Å². The van der Waals surface area contributed by atoms with Gasteiger partial charge in [0.1, 0.15) is 0 Å². The van der Waals surface area contributed by atoms with Crippen molar-refractivity contribution in [1.82, 2.24) is 10.6 Å². The molecule has 0 radical (unpaired) electrons. The van der Waals surface area contributed by atoms with Crippen LogP contribution in [0.1, 0.15) is 16.8 Å². The summed E-state index contributed by atoms with van der Waals surface area (Å²) in [7, 11) is 1.80. The minimum atomic E-state index is -1.09. The zero-order chi connectivity index (χ0) is 12.8. The van der Waals surface area contributed by atoms with E-state index in [0.29, 0.717) is 6.54 Å². The molecular weight excluding hydrogens is 250 g/mol. The molecule has 1 amide bonds. The Morgan fingerprint density at radius 2 is 1.94 bits per heavy atom. The Hall–Kier alpha value is -1.20. The Morgan fingerprint density at radius 3 is 2.59 bits per heavy atom. The molecule has 0 bridgehead atoms. The van der Waals surface area contributed by atoms with E-state index < -0.39 is 17.5 Å². The largest absolute Gasteiger partial charge is 0.352 e. The summed E-state index contributed by atoms with van der Waals surface area (Å²) in [6.07, 6.45) is 0.740. The fourth-order valence-electron chi connectivity index (χ4n) is 1.26. The molecular formula is C11H13ClF2N2O. The van der Waals surface area contributed by atoms with Crippen molar-refractivity contribution in [3.8, 4) is 0 Å². The standard InChI is InChI=1S/C11H13ClF2N2O/c1-15-3-2-4-16-11(17)7-5-9(13)10(14)6-8(7)12/h5-6,15H,2-4H2,1H3,(H,16,17). The second kappa shape index (κ2) is 6.51. The Labute approximate surface area is 103 Å². The second-order valence-electron chi connectivity index (χ2n) is 3.46. The molecule has 3 nitrogen and oxygen atoms in total. The van der Waals surface area contributed by atoms with E-state index in [1.807, 2.05) is 0 Å². The van der Waals surface area contributed by atoms with Gasteiger partial charge in [0, 0.05) is 6.54 Å². The van der Waals surface area contributed by atoms with Crippen molar-refractivity contribution in [2.45, 2.75) is 6.42 Å². The van der Waals surface area contributed by atoms with E-state index in [2.05, 4.69) is 10.6 Å². The zero-order valence-corrected chi connectivity index (χ0v) is 10.1. The van der Waals surface area contributed by atoms with Gasteiger partial charge in [-0.15, -0.1) is 0 Å². The lowest BCUT2D eigenvalue weighted by molar-refractivity contribution is 0.0953. The molecule has 1 rings (SSSR count). The van der Waals surface area contributed by atoms with Crippen molar-refractivity contribution in [3.05, 3.63) is 34.4 Å².